The number of rotatable bonds is 6. The molecular weight excluding hydrogens is 362 g/mol. The number of non-ortho nitro benzene ring substituents is 1. The topological polar surface area (TPSA) is 85.1 Å². The summed E-state index contributed by atoms with van der Waals surface area (Å²) in [4.78, 5) is 28.2. The summed E-state index contributed by atoms with van der Waals surface area (Å²) in [6, 6.07) is 12.8. The number of thiazole rings is 1. The largest absolute Gasteiger partial charge is 0.379 e. The van der Waals surface area contributed by atoms with Crippen molar-refractivity contribution in [2.45, 2.75) is 6.54 Å². The summed E-state index contributed by atoms with van der Waals surface area (Å²) in [6.45, 7) is 0.414. The number of nitrogens with zero attached hydrogens (tertiary/aromatic N) is 2. The van der Waals surface area contributed by atoms with Crippen LogP contribution in [-0.4, -0.2) is 15.7 Å². The van der Waals surface area contributed by atoms with Crippen LogP contribution < -0.4 is 5.32 Å². The van der Waals surface area contributed by atoms with Crippen molar-refractivity contribution in [1.29, 1.82) is 0 Å². The minimum atomic E-state index is -0.519. The summed E-state index contributed by atoms with van der Waals surface area (Å²) in [7, 11) is 0. The Morgan fingerprint density at radius 1 is 1.24 bits per heavy atom. The van der Waals surface area contributed by atoms with E-state index < -0.39 is 4.92 Å². The fourth-order valence-corrected chi connectivity index (χ4v) is 3.20. The number of carbonyl (C=O) groups is 1. The van der Waals surface area contributed by atoms with E-state index in [1.54, 1.807) is 36.5 Å². The minimum Gasteiger partial charge on any atom is -0.379 e. The predicted octanol–water partition coefficient (Wildman–Crippen LogP) is 4.55. The van der Waals surface area contributed by atoms with Gasteiger partial charge in [0.25, 0.3) is 5.69 Å². The number of aromatic nitrogens is 1. The van der Waals surface area contributed by atoms with Crippen molar-refractivity contribution < 1.29 is 9.72 Å². The molecule has 0 aliphatic heterocycles. The van der Waals surface area contributed by atoms with Crippen molar-refractivity contribution in [3.05, 3.63) is 85.3 Å². The molecule has 0 unspecified atom stereocenters. The molecule has 126 valence electrons. The lowest BCUT2D eigenvalue weighted by atomic mass is 10.0. The molecule has 0 amide bonds. The van der Waals surface area contributed by atoms with Crippen LogP contribution in [0.2, 0.25) is 4.47 Å². The molecule has 6 nitrogen and oxygen atoms in total. The van der Waals surface area contributed by atoms with Crippen molar-refractivity contribution in [2.75, 3.05) is 5.32 Å². The zero-order valence-corrected chi connectivity index (χ0v) is 14.4. The number of carbonyl (C=O) groups excluding carboxylic acids is 1. The smallest absolute Gasteiger partial charge is 0.270 e. The average Bonchev–Trinajstić information content (AvgIpc) is 3.05. The van der Waals surface area contributed by atoms with Gasteiger partial charge in [0.1, 0.15) is 0 Å². The second-order valence-electron chi connectivity index (χ2n) is 5.12. The van der Waals surface area contributed by atoms with Crippen molar-refractivity contribution >= 4 is 40.1 Å². The van der Waals surface area contributed by atoms with Crippen LogP contribution in [0.3, 0.4) is 0 Å². The van der Waals surface area contributed by atoms with E-state index in [2.05, 4.69) is 10.3 Å². The molecule has 0 spiro atoms. The molecule has 0 radical (unpaired) electrons. The quantitative estimate of drug-likeness (QED) is 0.389. The van der Waals surface area contributed by atoms with Gasteiger partial charge < -0.3 is 5.32 Å². The Hall–Kier alpha value is -2.77. The molecule has 3 rings (SSSR count). The molecule has 1 N–H and O–H groups in total. The third kappa shape index (κ3) is 4.01. The van der Waals surface area contributed by atoms with E-state index in [0.29, 0.717) is 22.3 Å². The Balaban J connectivity index is 1.93. The van der Waals surface area contributed by atoms with Crippen LogP contribution in [0.4, 0.5) is 11.4 Å². The first-order chi connectivity index (χ1) is 12.0. The molecule has 0 atom stereocenters. The normalized spacial score (nSPS) is 10.4. The van der Waals surface area contributed by atoms with Gasteiger partial charge in [-0.1, -0.05) is 41.9 Å². The van der Waals surface area contributed by atoms with E-state index in [9.17, 15) is 14.9 Å². The zero-order chi connectivity index (χ0) is 17.8. The number of ketones is 1. The third-order valence-electron chi connectivity index (χ3n) is 3.47. The summed E-state index contributed by atoms with van der Waals surface area (Å²) >= 11 is 7.13. The summed E-state index contributed by atoms with van der Waals surface area (Å²) < 4.78 is 0.432. The summed E-state index contributed by atoms with van der Waals surface area (Å²) in [5, 5.41) is 14.2. The van der Waals surface area contributed by atoms with Crippen LogP contribution in [0.5, 0.6) is 0 Å². The van der Waals surface area contributed by atoms with Crippen molar-refractivity contribution in [2.24, 2.45) is 0 Å². The van der Waals surface area contributed by atoms with E-state index in [1.165, 1.54) is 29.5 Å². The molecule has 0 aliphatic carbocycles. The first-order valence-electron chi connectivity index (χ1n) is 7.27. The van der Waals surface area contributed by atoms with E-state index >= 15 is 0 Å². The van der Waals surface area contributed by atoms with Crippen LogP contribution >= 0.6 is 22.9 Å². The third-order valence-corrected chi connectivity index (χ3v) is 4.59. The lowest BCUT2D eigenvalue weighted by Crippen LogP contribution is -2.08. The highest BCUT2D eigenvalue weighted by Crippen LogP contribution is 2.26. The van der Waals surface area contributed by atoms with Crippen molar-refractivity contribution in [3.63, 3.8) is 0 Å². The Kier molecular flexibility index (Phi) is 5.06. The van der Waals surface area contributed by atoms with Gasteiger partial charge in [-0.3, -0.25) is 14.9 Å². The van der Waals surface area contributed by atoms with Gasteiger partial charge >= 0.3 is 0 Å². The lowest BCUT2D eigenvalue weighted by Gasteiger charge is -2.11. The van der Waals surface area contributed by atoms with Crippen LogP contribution in [0, 0.1) is 10.1 Å². The van der Waals surface area contributed by atoms with E-state index in [-0.39, 0.29) is 17.0 Å². The van der Waals surface area contributed by atoms with Crippen molar-refractivity contribution in [1.82, 2.24) is 4.98 Å². The van der Waals surface area contributed by atoms with Crippen LogP contribution in [0.25, 0.3) is 0 Å². The molecule has 1 aromatic heterocycles. The van der Waals surface area contributed by atoms with Gasteiger partial charge in [0.05, 0.1) is 17.0 Å². The highest BCUT2D eigenvalue weighted by atomic mass is 35.5. The number of benzene rings is 2. The fourth-order valence-electron chi connectivity index (χ4n) is 2.28. The molecule has 0 bridgehead atoms. The number of nitrogens with one attached hydrogen (secondary N) is 1. The molecule has 1 heterocycles. The van der Waals surface area contributed by atoms with Gasteiger partial charge in [0.15, 0.2) is 10.3 Å². The molecule has 0 fully saturated rings. The summed E-state index contributed by atoms with van der Waals surface area (Å²) in [5.41, 5.74) is 1.09. The van der Waals surface area contributed by atoms with E-state index in [4.69, 9.17) is 11.6 Å². The summed E-state index contributed by atoms with van der Waals surface area (Å²) in [5.74, 6) is -0.283. The van der Waals surface area contributed by atoms with Gasteiger partial charge in [-0.25, -0.2) is 4.98 Å². The van der Waals surface area contributed by atoms with Crippen LogP contribution in [-0.2, 0) is 6.54 Å². The Morgan fingerprint density at radius 3 is 2.64 bits per heavy atom. The SMILES string of the molecule is O=C(c1ccccc1)c1cc([N+](=O)[O-])ccc1NCc1cnc(Cl)s1. The molecule has 0 saturated carbocycles. The van der Waals surface area contributed by atoms with Gasteiger partial charge in [0, 0.05) is 34.5 Å². The number of nitro groups is 1. The zero-order valence-electron chi connectivity index (χ0n) is 12.8. The molecule has 8 heteroatoms. The number of hydrogen-bond acceptors (Lipinski definition) is 6. The highest BCUT2D eigenvalue weighted by Gasteiger charge is 2.18. The monoisotopic (exact) mass is 373 g/mol. The van der Waals surface area contributed by atoms with Gasteiger partial charge in [0.2, 0.25) is 0 Å². The molecule has 3 aromatic rings. The maximum Gasteiger partial charge on any atom is 0.270 e. The average molecular weight is 374 g/mol. The number of hydrogen-bond donors (Lipinski definition) is 1. The maximum absolute atomic E-state index is 12.8. The van der Waals surface area contributed by atoms with Crippen molar-refractivity contribution in [3.8, 4) is 0 Å². The number of halogens is 1. The van der Waals surface area contributed by atoms with Gasteiger partial charge in [-0.05, 0) is 6.07 Å². The fraction of sp³-hybridized carbons (Fsp3) is 0.0588. The second-order valence-corrected chi connectivity index (χ2v) is 6.81. The predicted molar refractivity (Wildman–Crippen MR) is 97.4 cm³/mol. The molecule has 25 heavy (non-hydrogen) atoms. The maximum atomic E-state index is 12.8. The van der Waals surface area contributed by atoms with E-state index in [0.717, 1.165) is 4.88 Å². The minimum absolute atomic E-state index is 0.134. The van der Waals surface area contributed by atoms with E-state index in [1.807, 2.05) is 0 Å². The van der Waals surface area contributed by atoms with Gasteiger partial charge in [-0.15, -0.1) is 11.3 Å². The first-order valence-corrected chi connectivity index (χ1v) is 8.46. The Labute approximate surface area is 152 Å². The Bertz CT molecular complexity index is 928. The number of anilines is 1. The standard InChI is InChI=1S/C17H12ClN3O3S/c18-17-20-10-13(25-17)9-19-15-7-6-12(21(23)24)8-14(15)16(22)11-4-2-1-3-5-11/h1-8,10,19H,9H2. The number of nitro benzene ring substituents is 1. The van der Waals surface area contributed by atoms with Gasteiger partial charge in [-0.2, -0.15) is 0 Å². The molecule has 2 aromatic carbocycles. The lowest BCUT2D eigenvalue weighted by molar-refractivity contribution is -0.384. The highest BCUT2D eigenvalue weighted by molar-refractivity contribution is 7.15. The Morgan fingerprint density at radius 2 is 2.00 bits per heavy atom. The van der Waals surface area contributed by atoms with Crippen LogP contribution in [0.15, 0.2) is 54.7 Å². The second kappa shape index (κ2) is 7.42. The first kappa shape index (κ1) is 17.1. The van der Waals surface area contributed by atoms with Crippen LogP contribution in [0.1, 0.15) is 20.8 Å². The summed E-state index contributed by atoms with van der Waals surface area (Å²) in [6.07, 6.45) is 1.64. The molecular formula is C17H12ClN3O3S. The molecule has 0 aliphatic rings. The molecule has 0 saturated heterocycles.